The van der Waals surface area contributed by atoms with Crippen molar-refractivity contribution < 1.29 is 19.2 Å². The minimum atomic E-state index is -0.515. The lowest BCUT2D eigenvalue weighted by molar-refractivity contribution is -0.384. The number of nitro benzene ring substituents is 1. The first kappa shape index (κ1) is 19.5. The molecule has 0 aliphatic carbocycles. The summed E-state index contributed by atoms with van der Waals surface area (Å²) in [6.45, 7) is 4.83. The van der Waals surface area contributed by atoms with E-state index in [0.717, 1.165) is 11.4 Å². The van der Waals surface area contributed by atoms with Gasteiger partial charge in [-0.1, -0.05) is 12.1 Å². The first-order valence-electron chi connectivity index (χ1n) is 9.13. The monoisotopic (exact) mass is 385 g/mol. The molecular formula is C20H23N3O5. The summed E-state index contributed by atoms with van der Waals surface area (Å²) in [6, 6.07) is 11.9. The van der Waals surface area contributed by atoms with Gasteiger partial charge in [-0.3, -0.25) is 14.9 Å². The molecule has 0 N–H and O–H groups in total. The van der Waals surface area contributed by atoms with Crippen molar-refractivity contribution in [1.29, 1.82) is 0 Å². The van der Waals surface area contributed by atoms with E-state index in [-0.39, 0.29) is 17.2 Å². The topological polar surface area (TPSA) is 85.2 Å². The summed E-state index contributed by atoms with van der Waals surface area (Å²) >= 11 is 0. The molecule has 8 heteroatoms. The smallest absolute Gasteiger partial charge is 0.270 e. The fourth-order valence-electron chi connectivity index (χ4n) is 3.29. The Kier molecular flexibility index (Phi) is 5.98. The van der Waals surface area contributed by atoms with Gasteiger partial charge in [0.05, 0.1) is 29.9 Å². The van der Waals surface area contributed by atoms with E-state index >= 15 is 0 Å². The van der Waals surface area contributed by atoms with Crippen molar-refractivity contribution in [3.63, 3.8) is 0 Å². The minimum Gasteiger partial charge on any atom is -0.496 e. The standard InChI is InChI=1S/C20H23N3O5/c1-3-28-19-7-5-4-6-17(19)21-10-12-22(13-11-21)20(24)16-14-15(23(25)26)8-9-18(16)27-2/h4-9,14H,3,10-13H2,1-2H3. The van der Waals surface area contributed by atoms with Crippen LogP contribution in [0.1, 0.15) is 17.3 Å². The van der Waals surface area contributed by atoms with Gasteiger partial charge in [0.15, 0.2) is 0 Å². The molecule has 0 unspecified atom stereocenters. The molecule has 1 aliphatic rings. The molecule has 1 saturated heterocycles. The van der Waals surface area contributed by atoms with Crippen molar-refractivity contribution in [2.45, 2.75) is 6.92 Å². The van der Waals surface area contributed by atoms with Crippen molar-refractivity contribution in [2.24, 2.45) is 0 Å². The fourth-order valence-corrected chi connectivity index (χ4v) is 3.29. The zero-order valence-corrected chi connectivity index (χ0v) is 16.0. The van der Waals surface area contributed by atoms with Crippen LogP contribution in [0.3, 0.4) is 0 Å². The summed E-state index contributed by atoms with van der Waals surface area (Å²) < 4.78 is 10.9. The number of methoxy groups -OCH3 is 1. The molecule has 0 aromatic heterocycles. The van der Waals surface area contributed by atoms with Crippen LogP contribution >= 0.6 is 0 Å². The van der Waals surface area contributed by atoms with Crippen molar-refractivity contribution in [2.75, 3.05) is 44.8 Å². The van der Waals surface area contributed by atoms with Gasteiger partial charge in [0, 0.05) is 38.3 Å². The van der Waals surface area contributed by atoms with Crippen LogP contribution in [0.25, 0.3) is 0 Å². The largest absolute Gasteiger partial charge is 0.496 e. The molecule has 8 nitrogen and oxygen atoms in total. The number of non-ortho nitro benzene ring substituents is 1. The van der Waals surface area contributed by atoms with Gasteiger partial charge in [-0.05, 0) is 25.1 Å². The highest BCUT2D eigenvalue weighted by molar-refractivity contribution is 5.97. The lowest BCUT2D eigenvalue weighted by atomic mass is 10.1. The summed E-state index contributed by atoms with van der Waals surface area (Å²) in [5, 5.41) is 11.1. The number of para-hydroxylation sites is 2. The number of hydrogen-bond donors (Lipinski definition) is 0. The zero-order chi connectivity index (χ0) is 20.1. The third kappa shape index (κ3) is 4.00. The lowest BCUT2D eigenvalue weighted by Crippen LogP contribution is -2.49. The second-order valence-corrected chi connectivity index (χ2v) is 6.32. The van der Waals surface area contributed by atoms with E-state index in [9.17, 15) is 14.9 Å². The van der Waals surface area contributed by atoms with Gasteiger partial charge in [-0.25, -0.2) is 0 Å². The Morgan fingerprint density at radius 3 is 2.46 bits per heavy atom. The van der Waals surface area contributed by atoms with Crippen LogP contribution < -0.4 is 14.4 Å². The molecule has 2 aromatic rings. The van der Waals surface area contributed by atoms with E-state index in [0.29, 0.717) is 38.5 Å². The average molecular weight is 385 g/mol. The van der Waals surface area contributed by atoms with Crippen molar-refractivity contribution in [3.8, 4) is 11.5 Å². The van der Waals surface area contributed by atoms with Gasteiger partial charge < -0.3 is 19.3 Å². The maximum Gasteiger partial charge on any atom is 0.270 e. The number of amides is 1. The van der Waals surface area contributed by atoms with Crippen LogP contribution in [0.2, 0.25) is 0 Å². The van der Waals surface area contributed by atoms with Gasteiger partial charge in [0.25, 0.3) is 11.6 Å². The van der Waals surface area contributed by atoms with Gasteiger partial charge in [0.2, 0.25) is 0 Å². The molecule has 1 heterocycles. The van der Waals surface area contributed by atoms with Crippen molar-refractivity contribution >= 4 is 17.3 Å². The molecule has 1 amide bonds. The summed E-state index contributed by atoms with van der Waals surface area (Å²) in [6.07, 6.45) is 0. The Labute approximate surface area is 163 Å². The highest BCUT2D eigenvalue weighted by atomic mass is 16.6. The van der Waals surface area contributed by atoms with Crippen LogP contribution in [0, 0.1) is 10.1 Å². The summed E-state index contributed by atoms with van der Waals surface area (Å²) in [5.74, 6) is 0.892. The highest BCUT2D eigenvalue weighted by Crippen LogP contribution is 2.30. The van der Waals surface area contributed by atoms with Crippen LogP contribution in [0.4, 0.5) is 11.4 Å². The zero-order valence-electron chi connectivity index (χ0n) is 16.0. The van der Waals surface area contributed by atoms with Gasteiger partial charge in [-0.15, -0.1) is 0 Å². The highest BCUT2D eigenvalue weighted by Gasteiger charge is 2.27. The Morgan fingerprint density at radius 2 is 1.82 bits per heavy atom. The second-order valence-electron chi connectivity index (χ2n) is 6.32. The third-order valence-electron chi connectivity index (χ3n) is 4.70. The predicted molar refractivity (Wildman–Crippen MR) is 105 cm³/mol. The molecule has 0 saturated carbocycles. The van der Waals surface area contributed by atoms with E-state index < -0.39 is 4.92 Å². The second kappa shape index (κ2) is 8.60. The summed E-state index contributed by atoms with van der Waals surface area (Å²) in [5.41, 5.74) is 1.08. The molecule has 28 heavy (non-hydrogen) atoms. The Balaban J connectivity index is 1.74. The molecular weight excluding hydrogens is 362 g/mol. The number of carbonyl (C=O) groups excluding carboxylic acids is 1. The molecule has 0 radical (unpaired) electrons. The average Bonchev–Trinajstić information content (AvgIpc) is 2.73. The van der Waals surface area contributed by atoms with E-state index in [2.05, 4.69) is 4.90 Å². The molecule has 1 fully saturated rings. The third-order valence-corrected chi connectivity index (χ3v) is 4.70. The van der Waals surface area contributed by atoms with Crippen LogP contribution in [-0.4, -0.2) is 55.6 Å². The Bertz CT molecular complexity index is 863. The van der Waals surface area contributed by atoms with Gasteiger partial charge >= 0.3 is 0 Å². The maximum absolute atomic E-state index is 12.9. The van der Waals surface area contributed by atoms with Crippen molar-refractivity contribution in [3.05, 3.63) is 58.1 Å². The number of nitro groups is 1. The molecule has 3 rings (SSSR count). The van der Waals surface area contributed by atoms with Crippen LogP contribution in [-0.2, 0) is 0 Å². The first-order valence-corrected chi connectivity index (χ1v) is 9.13. The number of anilines is 1. The fraction of sp³-hybridized carbons (Fsp3) is 0.350. The van der Waals surface area contributed by atoms with E-state index in [1.54, 1.807) is 4.90 Å². The molecule has 0 bridgehead atoms. The molecule has 0 spiro atoms. The Morgan fingerprint density at radius 1 is 1.11 bits per heavy atom. The van der Waals surface area contributed by atoms with Gasteiger partial charge in [0.1, 0.15) is 11.5 Å². The number of carbonyl (C=O) groups is 1. The number of piperazine rings is 1. The van der Waals surface area contributed by atoms with Crippen molar-refractivity contribution in [1.82, 2.24) is 4.90 Å². The number of ether oxygens (including phenoxy) is 2. The first-order chi connectivity index (χ1) is 13.5. The molecule has 0 atom stereocenters. The van der Waals surface area contributed by atoms with E-state index in [1.165, 1.54) is 25.3 Å². The number of hydrogen-bond acceptors (Lipinski definition) is 6. The van der Waals surface area contributed by atoms with Gasteiger partial charge in [-0.2, -0.15) is 0 Å². The van der Waals surface area contributed by atoms with Crippen LogP contribution in [0.15, 0.2) is 42.5 Å². The maximum atomic E-state index is 12.9. The molecule has 2 aromatic carbocycles. The summed E-state index contributed by atoms with van der Waals surface area (Å²) in [4.78, 5) is 27.4. The van der Waals surface area contributed by atoms with E-state index in [4.69, 9.17) is 9.47 Å². The number of benzene rings is 2. The molecule has 1 aliphatic heterocycles. The summed E-state index contributed by atoms with van der Waals surface area (Å²) in [7, 11) is 1.44. The minimum absolute atomic E-state index is 0.131. The predicted octanol–water partition coefficient (Wildman–Crippen LogP) is 2.96. The normalized spacial score (nSPS) is 13.9. The Hall–Kier alpha value is -3.29. The number of rotatable bonds is 6. The van der Waals surface area contributed by atoms with E-state index in [1.807, 2.05) is 31.2 Å². The number of nitrogens with zero attached hydrogens (tertiary/aromatic N) is 3. The molecule has 148 valence electrons. The lowest BCUT2D eigenvalue weighted by Gasteiger charge is -2.36. The van der Waals surface area contributed by atoms with Crippen LogP contribution in [0.5, 0.6) is 11.5 Å². The SMILES string of the molecule is CCOc1ccccc1N1CCN(C(=O)c2cc([N+](=O)[O-])ccc2OC)CC1. The quantitative estimate of drug-likeness (QED) is 0.561.